The Morgan fingerprint density at radius 1 is 1.26 bits per heavy atom. The number of hydrogen-bond acceptors (Lipinski definition) is 5. The number of piperazine rings is 1. The van der Waals surface area contributed by atoms with Crippen LogP contribution >= 0.6 is 11.3 Å². The number of carbonyl (C=O) groups is 1. The highest BCUT2D eigenvalue weighted by molar-refractivity contribution is 7.16. The van der Waals surface area contributed by atoms with Gasteiger partial charge in [-0.1, -0.05) is 27.7 Å². The van der Waals surface area contributed by atoms with Gasteiger partial charge in [0.05, 0.1) is 12.1 Å². The van der Waals surface area contributed by atoms with Crippen molar-refractivity contribution in [1.82, 2.24) is 9.80 Å². The van der Waals surface area contributed by atoms with E-state index in [0.29, 0.717) is 18.0 Å². The van der Waals surface area contributed by atoms with Crippen LogP contribution in [0.4, 0.5) is 5.00 Å². The first-order valence-electron chi connectivity index (χ1n) is 10.1. The van der Waals surface area contributed by atoms with Gasteiger partial charge in [-0.05, 0) is 42.7 Å². The number of rotatable bonds is 4. The van der Waals surface area contributed by atoms with Crippen LogP contribution < -0.4 is 5.32 Å². The van der Waals surface area contributed by atoms with Crippen LogP contribution in [-0.4, -0.2) is 55.0 Å². The van der Waals surface area contributed by atoms with Gasteiger partial charge in [-0.15, -0.1) is 11.3 Å². The molecule has 0 aromatic carbocycles. The molecule has 0 saturated carbocycles. The van der Waals surface area contributed by atoms with Crippen LogP contribution in [0.15, 0.2) is 0 Å². The van der Waals surface area contributed by atoms with Gasteiger partial charge in [0.25, 0.3) is 0 Å². The molecular weight excluding hydrogens is 356 g/mol. The molecule has 2 heterocycles. The summed E-state index contributed by atoms with van der Waals surface area (Å²) in [5, 5.41) is 13.5. The molecule has 3 rings (SSSR count). The maximum Gasteiger partial charge on any atom is 0.239 e. The van der Waals surface area contributed by atoms with E-state index in [0.717, 1.165) is 57.0 Å². The van der Waals surface area contributed by atoms with Crippen molar-refractivity contribution >= 4 is 22.2 Å². The van der Waals surface area contributed by atoms with Crippen LogP contribution in [0, 0.1) is 22.7 Å². The maximum atomic E-state index is 12.6. The SMILES string of the molecule is CCN1CCN(CC(=O)Nc2sc3c(c2C#N)CCC(C(C)(C)C)C3)CC1. The first kappa shape index (κ1) is 20.3. The van der Waals surface area contributed by atoms with Crippen LogP contribution in [0.5, 0.6) is 0 Å². The quantitative estimate of drug-likeness (QED) is 0.859. The minimum Gasteiger partial charge on any atom is -0.315 e. The lowest BCUT2D eigenvalue weighted by atomic mass is 9.72. The number of nitrogens with zero attached hydrogens (tertiary/aromatic N) is 3. The van der Waals surface area contributed by atoms with Crippen molar-refractivity contribution in [3.63, 3.8) is 0 Å². The lowest BCUT2D eigenvalue weighted by Crippen LogP contribution is -2.48. The third-order valence-electron chi connectivity index (χ3n) is 6.13. The number of amides is 1. The van der Waals surface area contributed by atoms with E-state index in [-0.39, 0.29) is 11.3 Å². The molecule has 6 heteroatoms. The van der Waals surface area contributed by atoms with Gasteiger partial charge in [-0.3, -0.25) is 9.69 Å². The summed E-state index contributed by atoms with van der Waals surface area (Å²) in [5.74, 6) is 0.635. The minimum atomic E-state index is 0.00224. The lowest BCUT2D eigenvalue weighted by molar-refractivity contribution is -0.117. The topological polar surface area (TPSA) is 59.4 Å². The molecule has 1 aliphatic heterocycles. The van der Waals surface area contributed by atoms with E-state index in [4.69, 9.17) is 0 Å². The van der Waals surface area contributed by atoms with Gasteiger partial charge >= 0.3 is 0 Å². The van der Waals surface area contributed by atoms with E-state index in [1.807, 2.05) is 0 Å². The van der Waals surface area contributed by atoms with Gasteiger partial charge in [0.15, 0.2) is 0 Å². The Morgan fingerprint density at radius 2 is 1.93 bits per heavy atom. The lowest BCUT2D eigenvalue weighted by Gasteiger charge is -2.33. The number of nitriles is 1. The van der Waals surface area contributed by atoms with Crippen LogP contribution in [0.25, 0.3) is 0 Å². The summed E-state index contributed by atoms with van der Waals surface area (Å²) in [4.78, 5) is 18.5. The Kier molecular flexibility index (Phi) is 6.25. The molecule has 0 radical (unpaired) electrons. The molecule has 0 bridgehead atoms. The van der Waals surface area contributed by atoms with Crippen LogP contribution in [0.2, 0.25) is 0 Å². The van der Waals surface area contributed by atoms with Gasteiger partial charge in [0, 0.05) is 31.1 Å². The molecule has 1 fully saturated rings. The van der Waals surface area contributed by atoms with Gasteiger partial charge in [-0.25, -0.2) is 0 Å². The van der Waals surface area contributed by atoms with Crippen LogP contribution in [0.1, 0.15) is 50.1 Å². The number of thiophene rings is 1. The third kappa shape index (κ3) is 4.71. The van der Waals surface area contributed by atoms with Crippen molar-refractivity contribution in [3.8, 4) is 6.07 Å². The number of anilines is 1. The highest BCUT2D eigenvalue weighted by Crippen LogP contribution is 2.43. The summed E-state index contributed by atoms with van der Waals surface area (Å²) in [6.07, 6.45) is 3.09. The highest BCUT2D eigenvalue weighted by atomic mass is 32.1. The largest absolute Gasteiger partial charge is 0.315 e. The average Bonchev–Trinajstić information content (AvgIpc) is 2.97. The van der Waals surface area contributed by atoms with E-state index in [1.54, 1.807) is 11.3 Å². The fourth-order valence-corrected chi connectivity index (χ4v) is 5.46. The van der Waals surface area contributed by atoms with Gasteiger partial charge < -0.3 is 10.2 Å². The van der Waals surface area contributed by atoms with Gasteiger partial charge in [-0.2, -0.15) is 5.26 Å². The summed E-state index contributed by atoms with van der Waals surface area (Å²) >= 11 is 1.62. The summed E-state index contributed by atoms with van der Waals surface area (Å²) in [6, 6.07) is 2.36. The molecule has 1 saturated heterocycles. The number of carbonyl (C=O) groups excluding carboxylic acids is 1. The third-order valence-corrected chi connectivity index (χ3v) is 7.30. The number of nitrogens with one attached hydrogen (secondary N) is 1. The molecule has 1 N–H and O–H groups in total. The summed E-state index contributed by atoms with van der Waals surface area (Å²) in [5.41, 5.74) is 2.15. The minimum absolute atomic E-state index is 0.00224. The predicted molar refractivity (Wildman–Crippen MR) is 111 cm³/mol. The maximum absolute atomic E-state index is 12.6. The summed E-state index contributed by atoms with van der Waals surface area (Å²) in [7, 11) is 0. The Labute approximate surface area is 167 Å². The fourth-order valence-electron chi connectivity index (χ4n) is 4.16. The first-order valence-corrected chi connectivity index (χ1v) is 10.9. The van der Waals surface area contributed by atoms with E-state index >= 15 is 0 Å². The first-order chi connectivity index (χ1) is 12.8. The normalized spacial score (nSPS) is 21.5. The molecular formula is C21H32N4OS. The van der Waals surface area contributed by atoms with Crippen LogP contribution in [-0.2, 0) is 17.6 Å². The van der Waals surface area contributed by atoms with Crippen molar-refractivity contribution in [1.29, 1.82) is 5.26 Å². The van der Waals surface area contributed by atoms with Crippen molar-refractivity contribution < 1.29 is 4.79 Å². The number of fused-ring (bicyclic) bond motifs is 1. The Hall–Kier alpha value is -1.42. The second kappa shape index (κ2) is 8.30. The Bertz CT molecular complexity index is 720. The van der Waals surface area contributed by atoms with Crippen molar-refractivity contribution in [2.24, 2.45) is 11.3 Å². The molecule has 1 aromatic heterocycles. The van der Waals surface area contributed by atoms with Gasteiger partial charge in [0.1, 0.15) is 11.1 Å². The molecule has 1 amide bonds. The predicted octanol–water partition coefficient (Wildman–Crippen LogP) is 3.35. The molecule has 5 nitrogen and oxygen atoms in total. The smallest absolute Gasteiger partial charge is 0.239 e. The highest BCUT2D eigenvalue weighted by Gasteiger charge is 2.32. The molecule has 1 unspecified atom stereocenters. The second-order valence-electron chi connectivity index (χ2n) is 8.88. The molecule has 2 aliphatic rings. The molecule has 27 heavy (non-hydrogen) atoms. The van der Waals surface area contributed by atoms with Crippen molar-refractivity contribution in [3.05, 3.63) is 16.0 Å². The Morgan fingerprint density at radius 3 is 2.52 bits per heavy atom. The summed E-state index contributed by atoms with van der Waals surface area (Å²) < 4.78 is 0. The van der Waals surface area contributed by atoms with Crippen LogP contribution in [0.3, 0.4) is 0 Å². The van der Waals surface area contributed by atoms with Crippen molar-refractivity contribution in [2.75, 3.05) is 44.6 Å². The van der Waals surface area contributed by atoms with Gasteiger partial charge in [0.2, 0.25) is 5.91 Å². The molecule has 148 valence electrons. The van der Waals surface area contributed by atoms with E-state index < -0.39 is 0 Å². The van der Waals surface area contributed by atoms with E-state index in [9.17, 15) is 10.1 Å². The van der Waals surface area contributed by atoms with E-state index in [1.165, 1.54) is 10.4 Å². The zero-order valence-electron chi connectivity index (χ0n) is 17.1. The van der Waals surface area contributed by atoms with Crippen molar-refractivity contribution in [2.45, 2.75) is 47.0 Å². The Balaban J connectivity index is 1.65. The zero-order valence-corrected chi connectivity index (χ0v) is 17.9. The fraction of sp³-hybridized carbons (Fsp3) is 0.714. The molecule has 1 aliphatic carbocycles. The van der Waals surface area contributed by atoms with E-state index in [2.05, 4.69) is 48.9 Å². The molecule has 1 atom stereocenters. The second-order valence-corrected chi connectivity index (χ2v) is 9.99. The summed E-state index contributed by atoms with van der Waals surface area (Å²) in [6.45, 7) is 14.4. The molecule has 1 aromatic rings. The zero-order chi connectivity index (χ0) is 19.6. The number of hydrogen-bond donors (Lipinski definition) is 1. The average molecular weight is 389 g/mol. The number of likely N-dealkylation sites (N-methyl/N-ethyl adjacent to an activating group) is 1. The standard InChI is InChI=1S/C21H32N4OS/c1-5-24-8-10-25(11-9-24)14-19(26)23-20-17(13-22)16-7-6-15(21(2,3)4)12-18(16)27-20/h15H,5-12,14H2,1-4H3,(H,23,26). The molecule has 0 spiro atoms. The monoisotopic (exact) mass is 388 g/mol.